The van der Waals surface area contributed by atoms with E-state index in [4.69, 9.17) is 9.47 Å². The molecule has 3 nitrogen and oxygen atoms in total. The Labute approximate surface area is 99.8 Å². The topological polar surface area (TPSA) is 38.7 Å². The molecule has 1 atom stereocenters. The van der Waals surface area contributed by atoms with E-state index in [2.05, 4.69) is 0 Å². The Balaban J connectivity index is 2.21. The Hall–Kier alpha value is -0.870. The highest BCUT2D eigenvalue weighted by Crippen LogP contribution is 2.34. The van der Waals surface area contributed by atoms with E-state index >= 15 is 0 Å². The first-order valence-corrected chi connectivity index (χ1v) is 6.51. The van der Waals surface area contributed by atoms with Gasteiger partial charge >= 0.3 is 0 Å². The lowest BCUT2D eigenvalue weighted by Gasteiger charge is -2.17. The van der Waals surface area contributed by atoms with Crippen LogP contribution in [0.2, 0.25) is 0 Å². The average Bonchev–Trinajstić information content (AvgIpc) is 2.82. The molecule has 0 aliphatic carbocycles. The van der Waals surface area contributed by atoms with Crippen LogP contribution < -0.4 is 9.47 Å². The van der Waals surface area contributed by atoms with Gasteiger partial charge in [-0.1, -0.05) is 12.1 Å². The predicted molar refractivity (Wildman–Crippen MR) is 65.3 cm³/mol. The second kappa shape index (κ2) is 5.46. The molecule has 0 amide bonds. The largest absolute Gasteiger partial charge is 0.493 e. The van der Waals surface area contributed by atoms with Crippen LogP contribution in [0.1, 0.15) is 12.0 Å². The Morgan fingerprint density at radius 3 is 3.00 bits per heavy atom. The molecule has 1 aliphatic rings. The third kappa shape index (κ3) is 2.44. The van der Waals surface area contributed by atoms with Crippen LogP contribution in [0.3, 0.4) is 0 Å². The highest BCUT2D eigenvalue weighted by atomic mass is 32.2. The number of hydrogen-bond donors (Lipinski definition) is 1. The molecule has 0 radical (unpaired) electrons. The number of para-hydroxylation sites is 1. The second-order valence-corrected chi connectivity index (χ2v) is 4.86. The van der Waals surface area contributed by atoms with Crippen molar-refractivity contribution in [1.82, 2.24) is 0 Å². The van der Waals surface area contributed by atoms with Crippen molar-refractivity contribution in [1.29, 1.82) is 0 Å². The van der Waals surface area contributed by atoms with Crippen molar-refractivity contribution in [2.24, 2.45) is 0 Å². The van der Waals surface area contributed by atoms with E-state index < -0.39 is 0 Å². The number of ether oxygens (including phenoxy) is 2. The molecule has 4 heteroatoms. The van der Waals surface area contributed by atoms with Crippen molar-refractivity contribution >= 4 is 11.8 Å². The van der Waals surface area contributed by atoms with Gasteiger partial charge in [-0.15, -0.1) is 0 Å². The van der Waals surface area contributed by atoms with Crippen molar-refractivity contribution in [3.8, 4) is 11.5 Å². The lowest BCUT2D eigenvalue weighted by atomic mass is 10.2. The molecule has 0 spiro atoms. The van der Waals surface area contributed by atoms with Gasteiger partial charge in [0.05, 0.1) is 13.7 Å². The molecule has 1 N–H and O–H groups in total. The van der Waals surface area contributed by atoms with Crippen molar-refractivity contribution in [3.05, 3.63) is 23.8 Å². The number of thioether (sulfide) groups is 1. The fourth-order valence-electron chi connectivity index (χ4n) is 1.75. The summed E-state index contributed by atoms with van der Waals surface area (Å²) in [6.45, 7) is -0.0214. The van der Waals surface area contributed by atoms with Crippen LogP contribution in [-0.2, 0) is 6.61 Å². The summed E-state index contributed by atoms with van der Waals surface area (Å²) in [5, 5.41) is 9.27. The van der Waals surface area contributed by atoms with E-state index in [1.807, 2.05) is 30.0 Å². The number of aliphatic hydroxyl groups excluding tert-OH is 1. The number of rotatable bonds is 4. The molecular weight excluding hydrogens is 224 g/mol. The lowest BCUT2D eigenvalue weighted by molar-refractivity contribution is 0.206. The van der Waals surface area contributed by atoms with Crippen LogP contribution in [0, 0.1) is 0 Å². The smallest absolute Gasteiger partial charge is 0.167 e. The van der Waals surface area contributed by atoms with Gasteiger partial charge in [0.25, 0.3) is 0 Å². The monoisotopic (exact) mass is 240 g/mol. The highest BCUT2D eigenvalue weighted by molar-refractivity contribution is 7.99. The van der Waals surface area contributed by atoms with E-state index in [9.17, 15) is 5.11 Å². The quantitative estimate of drug-likeness (QED) is 0.874. The zero-order chi connectivity index (χ0) is 11.4. The number of aliphatic hydroxyl groups is 1. The molecule has 1 saturated heterocycles. The number of methoxy groups -OCH3 is 1. The zero-order valence-corrected chi connectivity index (χ0v) is 10.1. The third-order valence-electron chi connectivity index (χ3n) is 2.62. The summed E-state index contributed by atoms with van der Waals surface area (Å²) < 4.78 is 11.2. The molecule has 1 aromatic rings. The summed E-state index contributed by atoms with van der Waals surface area (Å²) in [5.74, 6) is 3.56. The number of hydrogen-bond acceptors (Lipinski definition) is 4. The van der Waals surface area contributed by atoms with Crippen molar-refractivity contribution in [2.45, 2.75) is 19.1 Å². The number of benzene rings is 1. The van der Waals surface area contributed by atoms with E-state index in [0.29, 0.717) is 11.5 Å². The summed E-state index contributed by atoms with van der Waals surface area (Å²) in [5.41, 5.74) is 0.788. The van der Waals surface area contributed by atoms with Crippen LogP contribution in [0.15, 0.2) is 18.2 Å². The summed E-state index contributed by atoms with van der Waals surface area (Å²) >= 11 is 1.90. The molecule has 0 bridgehead atoms. The fourth-order valence-corrected chi connectivity index (χ4v) is 2.85. The van der Waals surface area contributed by atoms with Gasteiger partial charge < -0.3 is 14.6 Å². The summed E-state index contributed by atoms with van der Waals surface area (Å²) in [6.07, 6.45) is 1.31. The van der Waals surface area contributed by atoms with Gasteiger partial charge in [-0.3, -0.25) is 0 Å². The minimum absolute atomic E-state index is 0.0214. The third-order valence-corrected chi connectivity index (χ3v) is 3.76. The average molecular weight is 240 g/mol. The SMILES string of the molecule is COc1cccc(CO)c1OC1CCSC1. The standard InChI is InChI=1S/C12H16O3S/c1-14-11-4-2-3-9(7-13)12(11)15-10-5-6-16-8-10/h2-4,10,13H,5-8H2,1H3. The van der Waals surface area contributed by atoms with E-state index in [1.165, 1.54) is 0 Å². The minimum atomic E-state index is -0.0214. The molecule has 1 fully saturated rings. The lowest BCUT2D eigenvalue weighted by Crippen LogP contribution is -2.16. The first kappa shape index (κ1) is 11.6. The molecule has 0 saturated carbocycles. The van der Waals surface area contributed by atoms with Crippen LogP contribution in [-0.4, -0.2) is 29.8 Å². The molecular formula is C12H16O3S. The second-order valence-electron chi connectivity index (χ2n) is 3.71. The van der Waals surface area contributed by atoms with E-state index in [1.54, 1.807) is 7.11 Å². The Kier molecular flexibility index (Phi) is 3.96. The Bertz CT molecular complexity index is 326. The Morgan fingerprint density at radius 2 is 2.38 bits per heavy atom. The molecule has 1 aromatic carbocycles. The maximum absolute atomic E-state index is 9.27. The van der Waals surface area contributed by atoms with Crippen molar-refractivity contribution in [2.75, 3.05) is 18.6 Å². The van der Waals surface area contributed by atoms with Gasteiger partial charge in [0.15, 0.2) is 11.5 Å². The first-order chi connectivity index (χ1) is 7.85. The highest BCUT2D eigenvalue weighted by Gasteiger charge is 2.20. The molecule has 2 rings (SSSR count). The van der Waals surface area contributed by atoms with Gasteiger partial charge in [0.1, 0.15) is 6.10 Å². The minimum Gasteiger partial charge on any atom is -0.493 e. The fraction of sp³-hybridized carbons (Fsp3) is 0.500. The molecule has 1 heterocycles. The maximum atomic E-state index is 9.27. The molecule has 88 valence electrons. The summed E-state index contributed by atoms with van der Waals surface area (Å²) in [6, 6.07) is 5.58. The van der Waals surface area contributed by atoms with Gasteiger partial charge in [-0.2, -0.15) is 11.8 Å². The molecule has 1 unspecified atom stereocenters. The van der Waals surface area contributed by atoms with Crippen molar-refractivity contribution < 1.29 is 14.6 Å². The summed E-state index contributed by atoms with van der Waals surface area (Å²) in [4.78, 5) is 0. The van der Waals surface area contributed by atoms with Crippen LogP contribution in [0.5, 0.6) is 11.5 Å². The first-order valence-electron chi connectivity index (χ1n) is 5.36. The van der Waals surface area contributed by atoms with Crippen LogP contribution in [0.4, 0.5) is 0 Å². The normalized spacial score (nSPS) is 19.8. The van der Waals surface area contributed by atoms with E-state index in [-0.39, 0.29) is 12.7 Å². The van der Waals surface area contributed by atoms with Crippen molar-refractivity contribution in [3.63, 3.8) is 0 Å². The van der Waals surface area contributed by atoms with Gasteiger partial charge in [-0.25, -0.2) is 0 Å². The molecule has 16 heavy (non-hydrogen) atoms. The molecule has 0 aromatic heterocycles. The van der Waals surface area contributed by atoms with Crippen LogP contribution in [0.25, 0.3) is 0 Å². The van der Waals surface area contributed by atoms with E-state index in [0.717, 1.165) is 23.5 Å². The zero-order valence-electron chi connectivity index (χ0n) is 9.31. The van der Waals surface area contributed by atoms with Gasteiger partial charge in [0, 0.05) is 11.3 Å². The van der Waals surface area contributed by atoms with Gasteiger partial charge in [0.2, 0.25) is 0 Å². The Morgan fingerprint density at radius 1 is 1.50 bits per heavy atom. The predicted octanol–water partition coefficient (Wildman–Crippen LogP) is 2.07. The summed E-state index contributed by atoms with van der Waals surface area (Å²) in [7, 11) is 1.62. The van der Waals surface area contributed by atoms with Crippen LogP contribution >= 0.6 is 11.8 Å². The molecule has 1 aliphatic heterocycles. The maximum Gasteiger partial charge on any atom is 0.167 e. The van der Waals surface area contributed by atoms with Gasteiger partial charge in [-0.05, 0) is 18.2 Å².